The minimum atomic E-state index is -3.73. The quantitative estimate of drug-likeness (QED) is 0.575. The molecule has 1 amide bonds. The number of rotatable bonds is 4. The Morgan fingerprint density at radius 3 is 2.24 bits per heavy atom. The molecular weight excluding hydrogens is 453 g/mol. The van der Waals surface area contributed by atoms with Crippen molar-refractivity contribution < 1.29 is 17.6 Å². The summed E-state index contributed by atoms with van der Waals surface area (Å²) >= 11 is 0. The summed E-state index contributed by atoms with van der Waals surface area (Å²) in [5.41, 5.74) is 3.63. The Morgan fingerprint density at radius 2 is 1.50 bits per heavy atom. The summed E-state index contributed by atoms with van der Waals surface area (Å²) < 4.78 is 41.3. The fraction of sp³-hybridized carbons (Fsp3) is 0.269. The van der Waals surface area contributed by atoms with Crippen LogP contribution in [0.15, 0.2) is 77.7 Å². The highest BCUT2D eigenvalue weighted by Gasteiger charge is 2.30. The fourth-order valence-corrected chi connectivity index (χ4v) is 6.10. The average Bonchev–Trinajstić information content (AvgIpc) is 2.88. The summed E-state index contributed by atoms with van der Waals surface area (Å²) in [6, 6.07) is 20.6. The van der Waals surface area contributed by atoms with E-state index in [1.807, 2.05) is 23.1 Å². The van der Waals surface area contributed by atoms with E-state index >= 15 is 0 Å². The zero-order valence-electron chi connectivity index (χ0n) is 18.7. The summed E-state index contributed by atoms with van der Waals surface area (Å²) in [5.74, 6) is -0.458. The second-order valence-electron chi connectivity index (χ2n) is 8.64. The van der Waals surface area contributed by atoms with Crippen LogP contribution in [0.1, 0.15) is 21.5 Å². The predicted molar refractivity (Wildman–Crippen MR) is 129 cm³/mol. The van der Waals surface area contributed by atoms with Gasteiger partial charge in [0.05, 0.1) is 4.90 Å². The number of carbonyl (C=O) groups is 1. The monoisotopic (exact) mass is 479 g/mol. The van der Waals surface area contributed by atoms with Crippen LogP contribution < -0.4 is 4.90 Å². The van der Waals surface area contributed by atoms with Crippen LogP contribution in [-0.2, 0) is 23.0 Å². The lowest BCUT2D eigenvalue weighted by molar-refractivity contribution is 0.0734. The van der Waals surface area contributed by atoms with E-state index in [1.54, 1.807) is 35.2 Å². The molecule has 0 saturated carbocycles. The molecule has 34 heavy (non-hydrogen) atoms. The topological polar surface area (TPSA) is 60.9 Å². The molecule has 1 saturated heterocycles. The molecule has 8 heteroatoms. The zero-order chi connectivity index (χ0) is 23.7. The first-order valence-corrected chi connectivity index (χ1v) is 12.8. The molecule has 5 rings (SSSR count). The summed E-state index contributed by atoms with van der Waals surface area (Å²) in [7, 11) is -3.73. The van der Waals surface area contributed by atoms with Gasteiger partial charge in [0.25, 0.3) is 5.91 Å². The van der Waals surface area contributed by atoms with Crippen LogP contribution in [0.4, 0.5) is 10.1 Å². The number of piperazine rings is 1. The molecule has 2 aliphatic heterocycles. The Hall–Kier alpha value is -3.23. The fourth-order valence-electron chi connectivity index (χ4n) is 4.63. The maximum Gasteiger partial charge on any atom is 0.254 e. The molecule has 0 aromatic heterocycles. The van der Waals surface area contributed by atoms with Crippen LogP contribution >= 0.6 is 0 Å². The van der Waals surface area contributed by atoms with Gasteiger partial charge in [0.15, 0.2) is 0 Å². The van der Waals surface area contributed by atoms with Crippen LogP contribution in [0.25, 0.3) is 0 Å². The predicted octanol–water partition coefficient (Wildman–Crippen LogP) is 3.54. The van der Waals surface area contributed by atoms with E-state index in [9.17, 15) is 17.6 Å². The Bertz CT molecular complexity index is 1300. The van der Waals surface area contributed by atoms with Gasteiger partial charge in [-0.05, 0) is 60.0 Å². The minimum Gasteiger partial charge on any atom is -0.369 e. The van der Waals surface area contributed by atoms with E-state index in [-0.39, 0.29) is 16.6 Å². The molecule has 2 aliphatic rings. The van der Waals surface area contributed by atoms with Crippen molar-refractivity contribution in [1.29, 1.82) is 0 Å². The highest BCUT2D eigenvalue weighted by molar-refractivity contribution is 7.89. The Kier molecular flexibility index (Phi) is 6.10. The Balaban J connectivity index is 1.29. The van der Waals surface area contributed by atoms with E-state index in [4.69, 9.17) is 0 Å². The third-order valence-corrected chi connectivity index (χ3v) is 8.46. The molecule has 176 valence electrons. The number of nitrogens with zero attached hydrogens (tertiary/aromatic N) is 3. The van der Waals surface area contributed by atoms with E-state index in [2.05, 4.69) is 6.07 Å². The second-order valence-corrected chi connectivity index (χ2v) is 10.6. The van der Waals surface area contributed by atoms with E-state index < -0.39 is 10.0 Å². The van der Waals surface area contributed by atoms with Gasteiger partial charge in [0, 0.05) is 50.5 Å². The van der Waals surface area contributed by atoms with Gasteiger partial charge in [-0.3, -0.25) is 4.79 Å². The number of sulfonamides is 1. The van der Waals surface area contributed by atoms with Crippen molar-refractivity contribution in [3.63, 3.8) is 0 Å². The molecule has 0 spiro atoms. The normalized spacial score (nSPS) is 16.9. The largest absolute Gasteiger partial charge is 0.369 e. The maximum absolute atomic E-state index is 13.3. The highest BCUT2D eigenvalue weighted by atomic mass is 32.2. The van der Waals surface area contributed by atoms with Gasteiger partial charge in [0.2, 0.25) is 10.0 Å². The van der Waals surface area contributed by atoms with Gasteiger partial charge in [-0.15, -0.1) is 0 Å². The van der Waals surface area contributed by atoms with Crippen molar-refractivity contribution in [2.45, 2.75) is 17.9 Å². The third kappa shape index (κ3) is 4.43. The Morgan fingerprint density at radius 1 is 0.794 bits per heavy atom. The molecule has 0 N–H and O–H groups in total. The van der Waals surface area contributed by atoms with Crippen molar-refractivity contribution in [3.8, 4) is 0 Å². The number of amides is 1. The maximum atomic E-state index is 13.3. The molecule has 2 heterocycles. The molecule has 0 unspecified atom stereocenters. The Labute approximate surface area is 199 Å². The lowest BCUT2D eigenvalue weighted by Crippen LogP contribution is -2.48. The van der Waals surface area contributed by atoms with Crippen molar-refractivity contribution >= 4 is 21.6 Å². The van der Waals surface area contributed by atoms with Crippen molar-refractivity contribution in [2.24, 2.45) is 0 Å². The lowest BCUT2D eigenvalue weighted by atomic mass is 9.99. The van der Waals surface area contributed by atoms with Crippen LogP contribution in [-0.4, -0.2) is 56.3 Å². The van der Waals surface area contributed by atoms with E-state index in [0.717, 1.165) is 17.7 Å². The van der Waals surface area contributed by atoms with Gasteiger partial charge in [-0.1, -0.05) is 30.3 Å². The van der Waals surface area contributed by atoms with Crippen molar-refractivity contribution in [1.82, 2.24) is 9.21 Å². The van der Waals surface area contributed by atoms with Crippen LogP contribution in [0.2, 0.25) is 0 Å². The summed E-state index contributed by atoms with van der Waals surface area (Å²) in [6.07, 6.45) is 0.790. The van der Waals surface area contributed by atoms with E-state index in [0.29, 0.717) is 44.8 Å². The van der Waals surface area contributed by atoms with E-state index in [1.165, 1.54) is 28.1 Å². The van der Waals surface area contributed by atoms with Crippen molar-refractivity contribution in [3.05, 3.63) is 95.3 Å². The number of carbonyl (C=O) groups excluding carboxylic acids is 1. The summed E-state index contributed by atoms with van der Waals surface area (Å²) in [4.78, 5) is 17.1. The van der Waals surface area contributed by atoms with Gasteiger partial charge in [0.1, 0.15) is 5.82 Å². The smallest absolute Gasteiger partial charge is 0.254 e. The number of benzene rings is 3. The standard InChI is InChI=1S/C26H26FN3O3S/c27-23-8-10-24(11-9-23)28-14-16-30(17-15-28)34(32,33)25-7-3-6-21(18-25)26(31)29-13-12-20-4-1-2-5-22(20)19-29/h1-11,18H,12-17,19H2. The molecule has 3 aromatic rings. The first-order valence-electron chi connectivity index (χ1n) is 11.4. The third-order valence-electron chi connectivity index (χ3n) is 6.57. The molecular formula is C26H26FN3O3S. The van der Waals surface area contributed by atoms with Crippen LogP contribution in [0.5, 0.6) is 0 Å². The van der Waals surface area contributed by atoms with Gasteiger partial charge in [-0.25, -0.2) is 12.8 Å². The number of anilines is 1. The molecule has 0 bridgehead atoms. The molecule has 0 atom stereocenters. The molecule has 0 radical (unpaired) electrons. The summed E-state index contributed by atoms with van der Waals surface area (Å²) in [5, 5.41) is 0. The van der Waals surface area contributed by atoms with Crippen LogP contribution in [0, 0.1) is 5.82 Å². The molecule has 0 aliphatic carbocycles. The van der Waals surface area contributed by atoms with Gasteiger partial charge < -0.3 is 9.80 Å². The SMILES string of the molecule is O=C(c1cccc(S(=O)(=O)N2CCN(c3ccc(F)cc3)CC2)c1)N1CCc2ccccc2C1. The number of hydrogen-bond donors (Lipinski definition) is 0. The first-order chi connectivity index (χ1) is 16.4. The number of fused-ring (bicyclic) bond motifs is 1. The average molecular weight is 480 g/mol. The van der Waals surface area contributed by atoms with Gasteiger partial charge >= 0.3 is 0 Å². The second kappa shape index (κ2) is 9.19. The van der Waals surface area contributed by atoms with Crippen LogP contribution in [0.3, 0.4) is 0 Å². The first kappa shape index (κ1) is 22.6. The zero-order valence-corrected chi connectivity index (χ0v) is 19.5. The van der Waals surface area contributed by atoms with Crippen molar-refractivity contribution in [2.75, 3.05) is 37.6 Å². The molecule has 1 fully saturated rings. The lowest BCUT2D eigenvalue weighted by Gasteiger charge is -2.35. The number of halogens is 1. The highest BCUT2D eigenvalue weighted by Crippen LogP contribution is 2.24. The molecule has 6 nitrogen and oxygen atoms in total. The minimum absolute atomic E-state index is 0.131. The summed E-state index contributed by atoms with van der Waals surface area (Å²) in [6.45, 7) is 2.80. The van der Waals surface area contributed by atoms with Gasteiger partial charge in [-0.2, -0.15) is 4.31 Å². The molecule has 3 aromatic carbocycles. The number of hydrogen-bond acceptors (Lipinski definition) is 4.